The maximum atomic E-state index is 13.1. The van der Waals surface area contributed by atoms with Gasteiger partial charge in [0.25, 0.3) is 0 Å². The molecule has 0 spiro atoms. The van der Waals surface area contributed by atoms with Crippen molar-refractivity contribution in [1.29, 1.82) is 0 Å². The SMILES string of the molecule is CNCC1CCCCN1C(=O)Nc1cccc(F)c1. The molecule has 1 unspecified atom stereocenters. The Kier molecular flexibility index (Phi) is 4.74. The molecule has 0 aromatic heterocycles. The lowest BCUT2D eigenvalue weighted by Gasteiger charge is -2.35. The zero-order valence-corrected chi connectivity index (χ0v) is 11.2. The van der Waals surface area contributed by atoms with Crippen LogP contribution in [0.4, 0.5) is 14.9 Å². The van der Waals surface area contributed by atoms with Gasteiger partial charge in [0.2, 0.25) is 0 Å². The van der Waals surface area contributed by atoms with Gasteiger partial charge in [0.15, 0.2) is 0 Å². The van der Waals surface area contributed by atoms with Gasteiger partial charge in [0, 0.05) is 24.8 Å². The molecule has 4 nitrogen and oxygen atoms in total. The number of likely N-dealkylation sites (tertiary alicyclic amines) is 1. The number of hydrogen-bond donors (Lipinski definition) is 2. The van der Waals surface area contributed by atoms with E-state index in [1.54, 1.807) is 12.1 Å². The Morgan fingerprint density at radius 1 is 1.47 bits per heavy atom. The third-order valence-corrected chi connectivity index (χ3v) is 3.40. The number of piperidine rings is 1. The zero-order valence-electron chi connectivity index (χ0n) is 11.2. The van der Waals surface area contributed by atoms with Gasteiger partial charge in [0.05, 0.1) is 0 Å². The van der Waals surface area contributed by atoms with E-state index in [4.69, 9.17) is 0 Å². The Morgan fingerprint density at radius 3 is 3.05 bits per heavy atom. The number of anilines is 1. The molecule has 1 aliphatic rings. The number of carbonyl (C=O) groups is 1. The quantitative estimate of drug-likeness (QED) is 0.881. The van der Waals surface area contributed by atoms with Crippen LogP contribution in [0, 0.1) is 5.82 Å². The molecular weight excluding hydrogens is 245 g/mol. The Hall–Kier alpha value is -1.62. The van der Waals surface area contributed by atoms with Crippen LogP contribution < -0.4 is 10.6 Å². The van der Waals surface area contributed by atoms with Gasteiger partial charge in [-0.05, 0) is 44.5 Å². The van der Waals surface area contributed by atoms with Crippen LogP contribution >= 0.6 is 0 Å². The second kappa shape index (κ2) is 6.52. The van der Waals surface area contributed by atoms with Crippen LogP contribution in [0.5, 0.6) is 0 Å². The number of urea groups is 1. The summed E-state index contributed by atoms with van der Waals surface area (Å²) in [5, 5.41) is 5.87. The summed E-state index contributed by atoms with van der Waals surface area (Å²) in [6.07, 6.45) is 3.18. The fraction of sp³-hybridized carbons (Fsp3) is 0.500. The number of rotatable bonds is 3. The van der Waals surface area contributed by atoms with Crippen LogP contribution in [-0.2, 0) is 0 Å². The van der Waals surface area contributed by atoms with Crippen LogP contribution in [0.2, 0.25) is 0 Å². The van der Waals surface area contributed by atoms with Crippen LogP contribution in [0.3, 0.4) is 0 Å². The standard InChI is InChI=1S/C14H20FN3O/c1-16-10-13-7-2-3-8-18(13)14(19)17-12-6-4-5-11(15)9-12/h4-6,9,13,16H,2-3,7-8,10H2,1H3,(H,17,19). The summed E-state index contributed by atoms with van der Waals surface area (Å²) in [5.74, 6) is -0.344. The van der Waals surface area contributed by atoms with Crippen LogP contribution in [0.15, 0.2) is 24.3 Å². The smallest absolute Gasteiger partial charge is 0.320 e. The third-order valence-electron chi connectivity index (χ3n) is 3.40. The number of nitrogens with zero attached hydrogens (tertiary/aromatic N) is 1. The molecule has 1 saturated heterocycles. The Labute approximate surface area is 113 Å². The van der Waals surface area contributed by atoms with E-state index in [9.17, 15) is 9.18 Å². The molecule has 1 fully saturated rings. The average molecular weight is 265 g/mol. The highest BCUT2D eigenvalue weighted by Gasteiger charge is 2.26. The van der Waals surface area contributed by atoms with Gasteiger partial charge in [-0.15, -0.1) is 0 Å². The molecule has 0 aliphatic carbocycles. The molecule has 1 aromatic carbocycles. The van der Waals surface area contributed by atoms with Crippen molar-refractivity contribution in [2.45, 2.75) is 25.3 Å². The van der Waals surface area contributed by atoms with E-state index in [-0.39, 0.29) is 17.9 Å². The molecule has 0 radical (unpaired) electrons. The molecule has 5 heteroatoms. The molecule has 2 amide bonds. The van der Waals surface area contributed by atoms with Gasteiger partial charge in [0.1, 0.15) is 5.82 Å². The highest BCUT2D eigenvalue weighted by molar-refractivity contribution is 5.89. The monoisotopic (exact) mass is 265 g/mol. The van der Waals surface area contributed by atoms with E-state index in [2.05, 4.69) is 10.6 Å². The van der Waals surface area contributed by atoms with Crippen molar-refractivity contribution in [2.75, 3.05) is 25.5 Å². The second-order valence-corrected chi connectivity index (χ2v) is 4.84. The van der Waals surface area contributed by atoms with Crippen molar-refractivity contribution in [3.63, 3.8) is 0 Å². The van der Waals surface area contributed by atoms with Crippen LogP contribution in [0.1, 0.15) is 19.3 Å². The zero-order chi connectivity index (χ0) is 13.7. The fourth-order valence-electron chi connectivity index (χ4n) is 2.48. The first-order valence-corrected chi connectivity index (χ1v) is 6.68. The Balaban J connectivity index is 2.01. The minimum atomic E-state index is -0.344. The van der Waals surface area contributed by atoms with E-state index < -0.39 is 0 Å². The van der Waals surface area contributed by atoms with Gasteiger partial charge in [-0.25, -0.2) is 9.18 Å². The Bertz CT molecular complexity index is 436. The molecule has 1 aromatic rings. The number of halogens is 1. The lowest BCUT2D eigenvalue weighted by Crippen LogP contribution is -2.49. The molecule has 2 N–H and O–H groups in total. The highest BCUT2D eigenvalue weighted by Crippen LogP contribution is 2.18. The van der Waals surface area contributed by atoms with Crippen molar-refractivity contribution in [3.05, 3.63) is 30.1 Å². The number of carbonyl (C=O) groups excluding carboxylic acids is 1. The van der Waals surface area contributed by atoms with Gasteiger partial charge < -0.3 is 15.5 Å². The van der Waals surface area contributed by atoms with Crippen LogP contribution in [-0.4, -0.2) is 37.1 Å². The molecular formula is C14H20FN3O. The number of amides is 2. The first-order valence-electron chi connectivity index (χ1n) is 6.68. The summed E-state index contributed by atoms with van der Waals surface area (Å²) < 4.78 is 13.1. The van der Waals surface area contributed by atoms with Gasteiger partial charge in [-0.3, -0.25) is 0 Å². The molecule has 2 rings (SSSR count). The fourth-order valence-corrected chi connectivity index (χ4v) is 2.48. The lowest BCUT2D eigenvalue weighted by molar-refractivity contribution is 0.162. The summed E-state index contributed by atoms with van der Waals surface area (Å²) in [4.78, 5) is 14.1. The topological polar surface area (TPSA) is 44.4 Å². The van der Waals surface area contributed by atoms with E-state index in [1.165, 1.54) is 12.1 Å². The summed E-state index contributed by atoms with van der Waals surface area (Å²) in [5.41, 5.74) is 0.499. The molecule has 104 valence electrons. The predicted octanol–water partition coefficient (Wildman–Crippen LogP) is 2.43. The lowest BCUT2D eigenvalue weighted by atomic mass is 10.0. The largest absolute Gasteiger partial charge is 0.322 e. The minimum Gasteiger partial charge on any atom is -0.320 e. The van der Waals surface area contributed by atoms with E-state index in [0.717, 1.165) is 32.4 Å². The Morgan fingerprint density at radius 2 is 2.32 bits per heavy atom. The van der Waals surface area contributed by atoms with Crippen molar-refractivity contribution >= 4 is 11.7 Å². The summed E-state index contributed by atoms with van der Waals surface area (Å²) in [6.45, 7) is 1.55. The summed E-state index contributed by atoms with van der Waals surface area (Å²) >= 11 is 0. The van der Waals surface area contributed by atoms with E-state index in [0.29, 0.717) is 5.69 Å². The summed E-state index contributed by atoms with van der Waals surface area (Å²) in [6, 6.07) is 6.04. The van der Waals surface area contributed by atoms with E-state index in [1.807, 2.05) is 11.9 Å². The van der Waals surface area contributed by atoms with Gasteiger partial charge >= 0.3 is 6.03 Å². The maximum absolute atomic E-state index is 13.1. The van der Waals surface area contributed by atoms with E-state index >= 15 is 0 Å². The minimum absolute atomic E-state index is 0.148. The molecule has 0 saturated carbocycles. The number of likely N-dealkylation sites (N-methyl/N-ethyl adjacent to an activating group) is 1. The maximum Gasteiger partial charge on any atom is 0.322 e. The molecule has 1 atom stereocenters. The molecule has 1 heterocycles. The molecule has 19 heavy (non-hydrogen) atoms. The van der Waals surface area contributed by atoms with Crippen molar-refractivity contribution in [1.82, 2.24) is 10.2 Å². The molecule has 0 bridgehead atoms. The normalized spacial score (nSPS) is 19.3. The number of benzene rings is 1. The third kappa shape index (κ3) is 3.67. The predicted molar refractivity (Wildman–Crippen MR) is 73.7 cm³/mol. The van der Waals surface area contributed by atoms with Crippen molar-refractivity contribution in [2.24, 2.45) is 0 Å². The van der Waals surface area contributed by atoms with Gasteiger partial charge in [-0.1, -0.05) is 6.07 Å². The van der Waals surface area contributed by atoms with Crippen molar-refractivity contribution in [3.8, 4) is 0 Å². The van der Waals surface area contributed by atoms with Crippen molar-refractivity contribution < 1.29 is 9.18 Å². The molecule has 1 aliphatic heterocycles. The first-order chi connectivity index (χ1) is 9.20. The average Bonchev–Trinajstić information content (AvgIpc) is 2.39. The number of nitrogens with one attached hydrogen (secondary N) is 2. The first kappa shape index (κ1) is 13.8. The number of hydrogen-bond acceptors (Lipinski definition) is 2. The highest BCUT2D eigenvalue weighted by atomic mass is 19.1. The second-order valence-electron chi connectivity index (χ2n) is 4.84. The van der Waals surface area contributed by atoms with Crippen LogP contribution in [0.25, 0.3) is 0 Å². The summed E-state index contributed by atoms with van der Waals surface area (Å²) in [7, 11) is 1.89. The van der Waals surface area contributed by atoms with Gasteiger partial charge in [-0.2, -0.15) is 0 Å².